The van der Waals surface area contributed by atoms with E-state index in [1.165, 1.54) is 37.5 Å². The number of ether oxygens (including phenoxy) is 3. The molecule has 5 atom stereocenters. The highest BCUT2D eigenvalue weighted by atomic mass is 16.7. The fraction of sp³-hybridized carbons (Fsp3) is 0.346. The number of methoxy groups -OCH3 is 1. The van der Waals surface area contributed by atoms with Crippen LogP contribution in [0.25, 0.3) is 0 Å². The highest BCUT2D eigenvalue weighted by Crippen LogP contribution is 2.48. The van der Waals surface area contributed by atoms with Gasteiger partial charge in [-0.15, -0.1) is 0 Å². The molecule has 3 aliphatic rings. The summed E-state index contributed by atoms with van der Waals surface area (Å²) in [5, 5.41) is 43.2. The van der Waals surface area contributed by atoms with E-state index in [1.54, 1.807) is 6.92 Å². The third kappa shape index (κ3) is 3.45. The molecule has 2 aromatic rings. The van der Waals surface area contributed by atoms with E-state index in [-0.39, 0.29) is 46.3 Å². The van der Waals surface area contributed by atoms with Crippen molar-refractivity contribution in [2.75, 3.05) is 7.11 Å². The van der Waals surface area contributed by atoms with Crippen molar-refractivity contribution in [3.05, 3.63) is 63.7 Å². The van der Waals surface area contributed by atoms with Crippen LogP contribution in [0.5, 0.6) is 17.2 Å². The number of phenolic OH excluding ortho intramolecular Hbond substituents is 2. The van der Waals surface area contributed by atoms with Crippen LogP contribution in [-0.4, -0.2) is 75.6 Å². The molecule has 1 heterocycles. The van der Waals surface area contributed by atoms with Gasteiger partial charge in [0.05, 0.1) is 36.0 Å². The van der Waals surface area contributed by atoms with Gasteiger partial charge in [0.15, 0.2) is 24.0 Å². The second kappa shape index (κ2) is 8.52. The van der Waals surface area contributed by atoms with Gasteiger partial charge in [0.2, 0.25) is 5.78 Å². The van der Waals surface area contributed by atoms with E-state index < -0.39 is 65.3 Å². The second-order valence-corrected chi connectivity index (χ2v) is 9.15. The Balaban J connectivity index is 1.62. The first-order valence-electron chi connectivity index (χ1n) is 11.3. The van der Waals surface area contributed by atoms with E-state index >= 15 is 0 Å². The van der Waals surface area contributed by atoms with Crippen molar-refractivity contribution in [3.8, 4) is 17.2 Å². The Morgan fingerprint density at radius 2 is 1.75 bits per heavy atom. The third-order valence-electron chi connectivity index (χ3n) is 7.04. The number of carbonyl (C=O) groups is 3. The van der Waals surface area contributed by atoms with Crippen molar-refractivity contribution < 1.29 is 49.0 Å². The molecule has 0 aromatic heterocycles. The van der Waals surface area contributed by atoms with E-state index in [0.717, 1.165) is 0 Å². The van der Waals surface area contributed by atoms with Gasteiger partial charge < -0.3 is 39.4 Å². The van der Waals surface area contributed by atoms with E-state index in [4.69, 9.17) is 14.2 Å². The van der Waals surface area contributed by atoms with Gasteiger partial charge in [-0.1, -0.05) is 18.2 Å². The highest BCUT2D eigenvalue weighted by Gasteiger charge is 2.48. The number of hydrogen-bond acceptors (Lipinski definition) is 10. The van der Waals surface area contributed by atoms with Crippen molar-refractivity contribution >= 4 is 17.9 Å². The molecule has 0 bridgehead atoms. The number of hydrogen-bond donors (Lipinski definition) is 4. The molecule has 5 rings (SSSR count). The summed E-state index contributed by atoms with van der Waals surface area (Å²) in [7, 11) is 1.34. The average molecular weight is 496 g/mol. The molecule has 1 aliphatic heterocycles. The Morgan fingerprint density at radius 1 is 1.06 bits per heavy atom. The summed E-state index contributed by atoms with van der Waals surface area (Å²) in [4.78, 5) is 38.8. The van der Waals surface area contributed by atoms with Crippen LogP contribution >= 0.6 is 0 Å². The summed E-state index contributed by atoms with van der Waals surface area (Å²) in [6.07, 6.45) is -1.29. The van der Waals surface area contributed by atoms with Gasteiger partial charge in [0, 0.05) is 29.5 Å². The molecule has 2 aliphatic carbocycles. The molecule has 0 radical (unpaired) electrons. The van der Waals surface area contributed by atoms with Crippen molar-refractivity contribution in [3.63, 3.8) is 0 Å². The van der Waals surface area contributed by atoms with Gasteiger partial charge in [0.25, 0.3) is 0 Å². The molecule has 36 heavy (non-hydrogen) atoms. The van der Waals surface area contributed by atoms with E-state index in [2.05, 4.69) is 0 Å². The number of carbonyl (C=O) groups excluding carboxylic acids is 3. The highest BCUT2D eigenvalue weighted by molar-refractivity contribution is 6.31. The molecule has 0 spiro atoms. The van der Waals surface area contributed by atoms with E-state index in [0.29, 0.717) is 0 Å². The first-order valence-corrected chi connectivity index (χ1v) is 11.3. The van der Waals surface area contributed by atoms with Crippen LogP contribution in [0.4, 0.5) is 0 Å². The molecule has 188 valence electrons. The van der Waals surface area contributed by atoms with Crippen molar-refractivity contribution in [1.82, 2.24) is 0 Å². The number of aliphatic hydroxyl groups excluding tert-OH is 1. The minimum atomic E-state index is -2.13. The zero-order valence-corrected chi connectivity index (χ0v) is 19.4. The largest absolute Gasteiger partial charge is 0.507 e. The number of phenols is 2. The Bertz CT molecular complexity index is 1330. The fourth-order valence-electron chi connectivity index (χ4n) is 5.04. The van der Waals surface area contributed by atoms with Crippen molar-refractivity contribution in [2.45, 2.75) is 50.0 Å². The lowest BCUT2D eigenvalue weighted by Crippen LogP contribution is -2.53. The van der Waals surface area contributed by atoms with Crippen LogP contribution in [0, 0.1) is 0 Å². The number of aldehydes is 1. The molecule has 10 nitrogen and oxygen atoms in total. The standard InChI is InChI=1S/C26H24O10/c1-11-15(28)6-7-18(35-11)36-17-8-13-14(9-26(17,33)10-27)24(31)20-21(23(13)30)25(32)19-12(22(20)29)4-3-5-16(19)34-2/h3-7,10-11,15,17-18,28,30-31,33H,8-9H2,1-2H3/t11?,15-,17+,18?,26+/m0/s1. The van der Waals surface area contributed by atoms with Gasteiger partial charge >= 0.3 is 0 Å². The number of rotatable bonds is 4. The predicted molar refractivity (Wildman–Crippen MR) is 122 cm³/mol. The molecular formula is C26H24O10. The molecule has 0 saturated carbocycles. The SMILES string of the molecule is COc1cccc2c1C(=O)c1c(O)c3c(c(O)c1C2=O)C[C@@](O)(C=O)[C@H](OC1C=C[C@H](O)C(C)O1)C3. The molecule has 10 heteroatoms. The molecule has 4 N–H and O–H groups in total. The summed E-state index contributed by atoms with van der Waals surface area (Å²) in [6.45, 7) is 1.62. The number of benzene rings is 2. The molecule has 0 amide bonds. The number of aromatic hydroxyl groups is 2. The van der Waals surface area contributed by atoms with Gasteiger partial charge in [-0.25, -0.2) is 0 Å². The zero-order valence-electron chi connectivity index (χ0n) is 19.4. The predicted octanol–water partition coefficient (Wildman–Crippen LogP) is 0.957. The van der Waals surface area contributed by atoms with Crippen LogP contribution in [-0.2, 0) is 27.1 Å². The van der Waals surface area contributed by atoms with Crippen molar-refractivity contribution in [2.24, 2.45) is 0 Å². The fourth-order valence-corrected chi connectivity index (χ4v) is 5.04. The maximum atomic E-state index is 13.4. The van der Waals surface area contributed by atoms with Crippen LogP contribution in [0.3, 0.4) is 0 Å². The van der Waals surface area contributed by atoms with Crippen LogP contribution < -0.4 is 4.74 Å². The lowest BCUT2D eigenvalue weighted by molar-refractivity contribution is -0.219. The summed E-state index contributed by atoms with van der Waals surface area (Å²) < 4.78 is 16.6. The Labute approximate surface area is 205 Å². The Hall–Kier alpha value is -3.57. The number of fused-ring (bicyclic) bond motifs is 3. The van der Waals surface area contributed by atoms with Gasteiger partial charge in [-0.3, -0.25) is 9.59 Å². The molecule has 2 unspecified atom stereocenters. The number of aliphatic hydroxyl groups is 2. The second-order valence-electron chi connectivity index (χ2n) is 9.15. The van der Waals surface area contributed by atoms with E-state index in [9.17, 15) is 34.8 Å². The van der Waals surface area contributed by atoms with Crippen LogP contribution in [0.15, 0.2) is 30.4 Å². The molecule has 2 aromatic carbocycles. The zero-order chi connectivity index (χ0) is 25.9. The summed E-state index contributed by atoms with van der Waals surface area (Å²) >= 11 is 0. The molecular weight excluding hydrogens is 472 g/mol. The first kappa shape index (κ1) is 24.1. The minimum Gasteiger partial charge on any atom is -0.507 e. The topological polar surface area (TPSA) is 160 Å². The van der Waals surface area contributed by atoms with Crippen LogP contribution in [0.1, 0.15) is 49.9 Å². The van der Waals surface area contributed by atoms with Crippen molar-refractivity contribution in [1.29, 1.82) is 0 Å². The van der Waals surface area contributed by atoms with Crippen LogP contribution in [0.2, 0.25) is 0 Å². The summed E-state index contributed by atoms with van der Waals surface area (Å²) in [5.41, 5.74) is -2.91. The van der Waals surface area contributed by atoms with E-state index in [1.807, 2.05) is 0 Å². The smallest absolute Gasteiger partial charge is 0.202 e. The Kier molecular flexibility index (Phi) is 5.72. The van der Waals surface area contributed by atoms with Gasteiger partial charge in [-0.2, -0.15) is 0 Å². The quantitative estimate of drug-likeness (QED) is 0.233. The van der Waals surface area contributed by atoms with Gasteiger partial charge in [-0.05, 0) is 19.1 Å². The lowest BCUT2D eigenvalue weighted by atomic mass is 9.73. The molecule has 0 fully saturated rings. The molecule has 0 saturated heterocycles. The maximum absolute atomic E-state index is 13.4. The summed E-state index contributed by atoms with van der Waals surface area (Å²) in [5.74, 6) is -2.40. The van der Waals surface area contributed by atoms with Gasteiger partial charge in [0.1, 0.15) is 23.4 Å². The third-order valence-corrected chi connectivity index (χ3v) is 7.04. The number of ketones is 2. The monoisotopic (exact) mass is 496 g/mol. The first-order chi connectivity index (χ1) is 17.1. The normalized spacial score (nSPS) is 28.8. The minimum absolute atomic E-state index is 0.00158. The lowest BCUT2D eigenvalue weighted by Gasteiger charge is -2.40. The Morgan fingerprint density at radius 3 is 2.42 bits per heavy atom. The average Bonchev–Trinajstić information content (AvgIpc) is 2.87. The summed E-state index contributed by atoms with van der Waals surface area (Å²) in [6, 6.07) is 4.45. The maximum Gasteiger partial charge on any atom is 0.202 e.